The molecule has 1 heterocycles. The number of ether oxygens (including phenoxy) is 1. The van der Waals surface area contributed by atoms with Crippen LogP contribution in [0.3, 0.4) is 0 Å². The summed E-state index contributed by atoms with van der Waals surface area (Å²) in [6, 6.07) is 1.30. The van der Waals surface area contributed by atoms with Crippen LogP contribution in [-0.2, 0) is 9.53 Å². The van der Waals surface area contributed by atoms with Gasteiger partial charge in [-0.15, -0.1) is 0 Å². The van der Waals surface area contributed by atoms with E-state index in [1.54, 1.807) is 39.1 Å². The zero-order valence-electron chi connectivity index (χ0n) is 11.5. The Labute approximate surface area is 116 Å². The third kappa shape index (κ3) is 4.90. The first-order chi connectivity index (χ1) is 8.70. The highest BCUT2D eigenvalue weighted by atomic mass is 32.1. The fourth-order valence-electron chi connectivity index (χ4n) is 1.59. The summed E-state index contributed by atoms with van der Waals surface area (Å²) in [5.74, 6) is -0.948. The van der Waals surface area contributed by atoms with Crippen molar-refractivity contribution in [1.29, 1.82) is 0 Å². The van der Waals surface area contributed by atoms with Gasteiger partial charge in [0.15, 0.2) is 0 Å². The Balaban J connectivity index is 2.93. The number of anilines is 1. The molecule has 5 nitrogen and oxygen atoms in total. The van der Waals surface area contributed by atoms with E-state index in [1.807, 2.05) is 5.38 Å². The number of carboxylic acid groups (broad SMARTS) is 1. The number of aliphatic carboxylic acids is 1. The fourth-order valence-corrected chi connectivity index (χ4v) is 2.22. The molecule has 0 radical (unpaired) electrons. The number of carbonyl (C=O) groups excluding carboxylic acids is 1. The van der Waals surface area contributed by atoms with E-state index in [0.717, 1.165) is 0 Å². The second-order valence-electron chi connectivity index (χ2n) is 5.28. The quantitative estimate of drug-likeness (QED) is 0.921. The molecule has 1 amide bonds. The Hall–Kier alpha value is -1.56. The molecule has 0 saturated heterocycles. The number of nitrogens with zero attached hydrogens (tertiary/aromatic N) is 1. The molecule has 6 heteroatoms. The minimum absolute atomic E-state index is 0.130. The fraction of sp³-hybridized carbons (Fsp3) is 0.538. The first-order valence-corrected chi connectivity index (χ1v) is 6.91. The van der Waals surface area contributed by atoms with Gasteiger partial charge in [-0.25, -0.2) is 4.79 Å². The summed E-state index contributed by atoms with van der Waals surface area (Å²) in [4.78, 5) is 24.4. The van der Waals surface area contributed by atoms with Crippen LogP contribution in [0.5, 0.6) is 0 Å². The van der Waals surface area contributed by atoms with Crippen molar-refractivity contribution in [2.75, 3.05) is 4.90 Å². The van der Waals surface area contributed by atoms with E-state index in [0.29, 0.717) is 5.69 Å². The molecular weight excluding hydrogens is 266 g/mol. The number of hydrogen-bond acceptors (Lipinski definition) is 4. The minimum atomic E-state index is -0.948. The summed E-state index contributed by atoms with van der Waals surface area (Å²) in [5.41, 5.74) is 0.0434. The summed E-state index contributed by atoms with van der Waals surface area (Å²) >= 11 is 1.44. The van der Waals surface area contributed by atoms with Crippen LogP contribution in [0.1, 0.15) is 34.1 Å². The molecule has 1 atom stereocenters. The largest absolute Gasteiger partial charge is 0.481 e. The van der Waals surface area contributed by atoms with E-state index in [-0.39, 0.29) is 6.42 Å². The van der Waals surface area contributed by atoms with Crippen molar-refractivity contribution in [3.05, 3.63) is 16.8 Å². The second-order valence-corrected chi connectivity index (χ2v) is 6.06. The lowest BCUT2D eigenvalue weighted by atomic mass is 10.2. The molecule has 1 aromatic rings. The van der Waals surface area contributed by atoms with E-state index in [4.69, 9.17) is 9.84 Å². The molecule has 0 spiro atoms. The predicted molar refractivity (Wildman–Crippen MR) is 74.7 cm³/mol. The molecule has 0 aliphatic carbocycles. The van der Waals surface area contributed by atoms with Gasteiger partial charge in [0.2, 0.25) is 0 Å². The van der Waals surface area contributed by atoms with Crippen molar-refractivity contribution >= 4 is 29.1 Å². The molecule has 1 rings (SSSR count). The molecule has 19 heavy (non-hydrogen) atoms. The van der Waals surface area contributed by atoms with Crippen molar-refractivity contribution < 1.29 is 19.4 Å². The molecule has 0 aromatic carbocycles. The van der Waals surface area contributed by atoms with E-state index >= 15 is 0 Å². The van der Waals surface area contributed by atoms with Crippen LogP contribution in [-0.4, -0.2) is 28.8 Å². The third-order valence-corrected chi connectivity index (χ3v) is 2.96. The number of hydrogen-bond donors (Lipinski definition) is 1. The van der Waals surface area contributed by atoms with Crippen LogP contribution in [0, 0.1) is 0 Å². The van der Waals surface area contributed by atoms with Crippen LogP contribution < -0.4 is 4.90 Å². The lowest BCUT2D eigenvalue weighted by Crippen LogP contribution is -2.43. The van der Waals surface area contributed by atoms with Crippen LogP contribution >= 0.6 is 11.3 Å². The maximum Gasteiger partial charge on any atom is 0.415 e. The van der Waals surface area contributed by atoms with E-state index in [2.05, 4.69) is 0 Å². The molecule has 0 bridgehead atoms. The molecule has 0 unspecified atom stereocenters. The van der Waals surface area contributed by atoms with Crippen LogP contribution in [0.2, 0.25) is 0 Å². The van der Waals surface area contributed by atoms with Crippen molar-refractivity contribution in [2.45, 2.75) is 45.8 Å². The number of amides is 1. The van der Waals surface area contributed by atoms with Gasteiger partial charge in [-0.1, -0.05) is 0 Å². The maximum atomic E-state index is 12.2. The summed E-state index contributed by atoms with van der Waals surface area (Å²) in [6.45, 7) is 7.02. The normalized spacial score (nSPS) is 12.8. The lowest BCUT2D eigenvalue weighted by Gasteiger charge is -2.30. The average molecular weight is 285 g/mol. The summed E-state index contributed by atoms with van der Waals surface area (Å²) in [5, 5.41) is 12.5. The zero-order valence-corrected chi connectivity index (χ0v) is 12.4. The Bertz CT molecular complexity index is 436. The van der Waals surface area contributed by atoms with Crippen molar-refractivity contribution in [3.63, 3.8) is 0 Å². The van der Waals surface area contributed by atoms with Gasteiger partial charge in [-0.05, 0) is 39.1 Å². The number of rotatable bonds is 4. The average Bonchev–Trinajstić information content (AvgIpc) is 2.66. The Morgan fingerprint density at radius 3 is 2.53 bits per heavy atom. The second kappa shape index (κ2) is 6.06. The van der Waals surface area contributed by atoms with Gasteiger partial charge in [0.05, 0.1) is 12.1 Å². The van der Waals surface area contributed by atoms with E-state index in [1.165, 1.54) is 16.2 Å². The SMILES string of the molecule is C[C@H](CC(=O)O)N(C(=O)OC(C)(C)C)c1ccsc1. The smallest absolute Gasteiger partial charge is 0.415 e. The third-order valence-electron chi connectivity index (χ3n) is 2.29. The molecule has 0 aliphatic heterocycles. The summed E-state index contributed by atoms with van der Waals surface area (Å²) in [7, 11) is 0. The molecule has 1 N–H and O–H groups in total. The number of carbonyl (C=O) groups is 2. The Morgan fingerprint density at radius 1 is 1.47 bits per heavy atom. The van der Waals surface area contributed by atoms with Gasteiger partial charge in [-0.3, -0.25) is 9.69 Å². The van der Waals surface area contributed by atoms with Crippen LogP contribution in [0.15, 0.2) is 16.8 Å². The number of carboxylic acids is 1. The number of thiophene rings is 1. The molecule has 106 valence electrons. The van der Waals surface area contributed by atoms with Gasteiger partial charge in [0, 0.05) is 11.4 Å². The summed E-state index contributed by atoms with van der Waals surface area (Å²) in [6.07, 6.45) is -0.658. The Kier molecular flexibility index (Phi) is 4.94. The standard InChI is InChI=1S/C13H19NO4S/c1-9(7-11(15)16)14(10-5-6-19-8-10)12(17)18-13(2,3)4/h5-6,8-9H,7H2,1-4H3,(H,15,16)/t9-/m1/s1. The van der Waals surface area contributed by atoms with E-state index < -0.39 is 23.7 Å². The van der Waals surface area contributed by atoms with Crippen molar-refractivity contribution in [2.24, 2.45) is 0 Å². The molecule has 1 aromatic heterocycles. The van der Waals surface area contributed by atoms with Crippen molar-refractivity contribution in [1.82, 2.24) is 0 Å². The Morgan fingerprint density at radius 2 is 2.11 bits per heavy atom. The summed E-state index contributed by atoms with van der Waals surface area (Å²) < 4.78 is 5.33. The van der Waals surface area contributed by atoms with Gasteiger partial charge >= 0.3 is 12.1 Å². The monoisotopic (exact) mass is 285 g/mol. The van der Waals surface area contributed by atoms with Gasteiger partial charge in [0.25, 0.3) is 0 Å². The highest BCUT2D eigenvalue weighted by Gasteiger charge is 2.28. The highest BCUT2D eigenvalue weighted by Crippen LogP contribution is 2.24. The topological polar surface area (TPSA) is 66.8 Å². The maximum absolute atomic E-state index is 12.2. The molecular formula is C13H19NO4S. The molecule has 0 fully saturated rings. The van der Waals surface area contributed by atoms with Crippen LogP contribution in [0.25, 0.3) is 0 Å². The van der Waals surface area contributed by atoms with Gasteiger partial charge < -0.3 is 9.84 Å². The van der Waals surface area contributed by atoms with Gasteiger partial charge in [0.1, 0.15) is 5.60 Å². The lowest BCUT2D eigenvalue weighted by molar-refractivity contribution is -0.137. The highest BCUT2D eigenvalue weighted by molar-refractivity contribution is 7.08. The first-order valence-electron chi connectivity index (χ1n) is 5.97. The zero-order chi connectivity index (χ0) is 14.6. The minimum Gasteiger partial charge on any atom is -0.481 e. The first kappa shape index (κ1) is 15.5. The van der Waals surface area contributed by atoms with Crippen molar-refractivity contribution in [3.8, 4) is 0 Å². The molecule has 0 saturated carbocycles. The van der Waals surface area contributed by atoms with E-state index in [9.17, 15) is 9.59 Å². The molecule has 0 aliphatic rings. The van der Waals surface area contributed by atoms with Crippen LogP contribution in [0.4, 0.5) is 10.5 Å². The van der Waals surface area contributed by atoms with Gasteiger partial charge in [-0.2, -0.15) is 11.3 Å². The predicted octanol–water partition coefficient (Wildman–Crippen LogP) is 3.35.